The highest BCUT2D eigenvalue weighted by Crippen LogP contribution is 2.46. The number of hydrogen-bond acceptors (Lipinski definition) is 9. The molecule has 35 heavy (non-hydrogen) atoms. The molecule has 3 aliphatic heterocycles. The third-order valence-corrected chi connectivity index (χ3v) is 8.55. The highest BCUT2D eigenvalue weighted by Gasteiger charge is 2.45. The van der Waals surface area contributed by atoms with Crippen molar-refractivity contribution >= 4 is 21.9 Å². The van der Waals surface area contributed by atoms with Gasteiger partial charge < -0.3 is 19.6 Å². The fraction of sp³-hybridized carbons (Fsp3) is 0.560. The number of aromatic nitrogens is 2. The van der Waals surface area contributed by atoms with Gasteiger partial charge in [-0.15, -0.1) is 0 Å². The van der Waals surface area contributed by atoms with Crippen LogP contribution in [0.15, 0.2) is 50.1 Å². The Hall–Kier alpha value is -2.88. The molecule has 0 radical (unpaired) electrons. The maximum Gasteiger partial charge on any atom is 0.229 e. The summed E-state index contributed by atoms with van der Waals surface area (Å²) in [7, 11) is -1.23. The van der Waals surface area contributed by atoms with Crippen LogP contribution < -0.4 is 5.32 Å². The Morgan fingerprint density at radius 1 is 1.11 bits per heavy atom. The summed E-state index contributed by atoms with van der Waals surface area (Å²) in [5.74, 6) is 3.15. The predicted octanol–water partition coefficient (Wildman–Crippen LogP) is 3.95. The average molecular weight is 499 g/mol. The van der Waals surface area contributed by atoms with Gasteiger partial charge in [-0.3, -0.25) is 0 Å². The van der Waals surface area contributed by atoms with Crippen molar-refractivity contribution in [3.8, 4) is 0 Å². The van der Waals surface area contributed by atoms with Crippen LogP contribution in [0.25, 0.3) is 0 Å². The Bertz CT molecular complexity index is 1240. The van der Waals surface area contributed by atoms with Crippen LogP contribution in [-0.4, -0.2) is 66.2 Å². The van der Waals surface area contributed by atoms with Crippen molar-refractivity contribution < 1.29 is 12.9 Å². The first-order valence-electron chi connectivity index (χ1n) is 12.3. The first-order chi connectivity index (χ1) is 16.6. The lowest BCUT2D eigenvalue weighted by molar-refractivity contribution is 0.149. The molecule has 188 valence electrons. The number of anilines is 1. The molecule has 5 rings (SSSR count). The molecule has 2 fully saturated rings. The molecular weight excluding hydrogens is 464 g/mol. The van der Waals surface area contributed by atoms with Crippen LogP contribution in [-0.2, 0) is 9.84 Å². The molecule has 2 bridgehead atoms. The third kappa shape index (κ3) is 4.55. The van der Waals surface area contributed by atoms with Crippen LogP contribution in [0.4, 0.5) is 5.69 Å². The van der Waals surface area contributed by atoms with Gasteiger partial charge in [0.15, 0.2) is 15.7 Å². The molecular formula is C25H34N6O3S. The summed E-state index contributed by atoms with van der Waals surface area (Å²) in [6.45, 7) is 6.29. The van der Waals surface area contributed by atoms with Crippen LogP contribution >= 0.6 is 0 Å². The average Bonchev–Trinajstić information content (AvgIpc) is 3.39. The molecule has 1 N–H and O–H groups in total. The van der Waals surface area contributed by atoms with Crippen molar-refractivity contribution in [3.63, 3.8) is 0 Å². The minimum absolute atomic E-state index is 0.0757. The summed E-state index contributed by atoms with van der Waals surface area (Å²) in [4.78, 5) is 14.4. The first kappa shape index (κ1) is 23.8. The highest BCUT2D eigenvalue weighted by atomic mass is 32.2. The largest absolute Gasteiger partial charge is 0.362 e. The number of piperidine rings is 1. The second-order valence-electron chi connectivity index (χ2n) is 10.4. The summed E-state index contributed by atoms with van der Waals surface area (Å²) in [6.07, 6.45) is 7.28. The summed E-state index contributed by atoms with van der Waals surface area (Å²) in [6, 6.07) is 7.70. The number of rotatable bonds is 6. The number of nitrogens with one attached hydrogen (secondary N) is 1. The summed E-state index contributed by atoms with van der Waals surface area (Å²) < 4.78 is 29.2. The predicted molar refractivity (Wildman–Crippen MR) is 135 cm³/mol. The Labute approximate surface area is 207 Å². The Balaban J connectivity index is 1.35. The standard InChI is InChI=1S/C25H34N6O3S/c1-15(2)22-28-25(34-29-22)17-12-19-8-9-20(13-17)31(19)23-16(3)24(30(4)14-26-23)27-18-6-10-21(11-7-18)35(5,32)33/h6-7,10-11,14-15,17,19-20,24,27H,8-9,12-13H2,1-5H3. The van der Waals surface area contributed by atoms with E-state index in [4.69, 9.17) is 9.52 Å². The third-order valence-electron chi connectivity index (χ3n) is 7.42. The molecule has 0 saturated carbocycles. The maximum absolute atomic E-state index is 11.8. The fourth-order valence-electron chi connectivity index (χ4n) is 5.55. The fourth-order valence-corrected chi connectivity index (χ4v) is 6.18. The van der Waals surface area contributed by atoms with E-state index in [0.717, 1.165) is 54.5 Å². The zero-order chi connectivity index (χ0) is 24.9. The van der Waals surface area contributed by atoms with Crippen molar-refractivity contribution in [1.82, 2.24) is 19.9 Å². The van der Waals surface area contributed by atoms with E-state index < -0.39 is 9.84 Å². The van der Waals surface area contributed by atoms with Crippen LogP contribution in [0.2, 0.25) is 0 Å². The Morgan fingerprint density at radius 3 is 2.34 bits per heavy atom. The van der Waals surface area contributed by atoms with Gasteiger partial charge in [0.05, 0.1) is 11.2 Å². The molecule has 3 aliphatic rings. The van der Waals surface area contributed by atoms with Crippen molar-refractivity contribution in [2.75, 3.05) is 18.6 Å². The lowest BCUT2D eigenvalue weighted by atomic mass is 9.90. The smallest absolute Gasteiger partial charge is 0.229 e. The monoisotopic (exact) mass is 498 g/mol. The molecule has 0 amide bonds. The lowest BCUT2D eigenvalue weighted by Crippen LogP contribution is -2.47. The van der Waals surface area contributed by atoms with Crippen LogP contribution in [0, 0.1) is 0 Å². The van der Waals surface area contributed by atoms with E-state index >= 15 is 0 Å². The summed E-state index contributed by atoms with van der Waals surface area (Å²) in [5, 5.41) is 7.73. The topological polar surface area (TPSA) is 104 Å². The molecule has 0 aliphatic carbocycles. The van der Waals surface area contributed by atoms with E-state index in [9.17, 15) is 8.42 Å². The molecule has 3 atom stereocenters. The summed E-state index contributed by atoms with van der Waals surface area (Å²) >= 11 is 0. The van der Waals surface area contributed by atoms with Gasteiger partial charge in [0.2, 0.25) is 5.89 Å². The number of aliphatic imine (C=N–C) groups is 1. The van der Waals surface area contributed by atoms with E-state index in [-0.39, 0.29) is 12.1 Å². The van der Waals surface area contributed by atoms with Crippen molar-refractivity contribution in [2.45, 2.75) is 81.4 Å². The van der Waals surface area contributed by atoms with Crippen molar-refractivity contribution in [3.05, 3.63) is 47.4 Å². The van der Waals surface area contributed by atoms with Gasteiger partial charge in [0, 0.05) is 48.5 Å². The Kier molecular flexibility index (Phi) is 6.11. The van der Waals surface area contributed by atoms with Crippen molar-refractivity contribution in [1.29, 1.82) is 0 Å². The molecule has 2 aromatic rings. The molecule has 1 aromatic heterocycles. The van der Waals surface area contributed by atoms with Gasteiger partial charge in [-0.05, 0) is 56.9 Å². The zero-order valence-corrected chi connectivity index (χ0v) is 21.8. The number of benzene rings is 1. The summed E-state index contributed by atoms with van der Waals surface area (Å²) in [5.41, 5.74) is 2.01. The number of likely N-dealkylation sites (N-methyl/N-ethyl adjacent to an activating group) is 1. The number of sulfone groups is 1. The SMILES string of the molecule is CC1=C(N2C3CCC2CC(c2nc(C(C)C)no2)C3)N=CN(C)C1Nc1ccc(S(C)(=O)=O)cc1. The maximum atomic E-state index is 11.8. The second-order valence-corrected chi connectivity index (χ2v) is 12.4. The molecule has 10 heteroatoms. The zero-order valence-electron chi connectivity index (χ0n) is 21.0. The van der Waals surface area contributed by atoms with Crippen LogP contribution in [0.5, 0.6) is 0 Å². The first-order valence-corrected chi connectivity index (χ1v) is 14.2. The molecule has 0 spiro atoms. The molecule has 9 nitrogen and oxygen atoms in total. The second kappa shape index (κ2) is 8.96. The lowest BCUT2D eigenvalue weighted by Gasteiger charge is -2.43. The van der Waals surface area contributed by atoms with Gasteiger partial charge in [-0.1, -0.05) is 19.0 Å². The van der Waals surface area contributed by atoms with E-state index in [0.29, 0.717) is 22.9 Å². The van der Waals surface area contributed by atoms with Crippen LogP contribution in [0.3, 0.4) is 0 Å². The van der Waals surface area contributed by atoms with E-state index in [1.54, 1.807) is 12.1 Å². The van der Waals surface area contributed by atoms with Gasteiger partial charge in [0.1, 0.15) is 12.0 Å². The van der Waals surface area contributed by atoms with Gasteiger partial charge in [0.25, 0.3) is 0 Å². The minimum Gasteiger partial charge on any atom is -0.362 e. The van der Waals surface area contributed by atoms with E-state index in [2.05, 4.69) is 41.1 Å². The van der Waals surface area contributed by atoms with Gasteiger partial charge in [-0.2, -0.15) is 4.98 Å². The van der Waals surface area contributed by atoms with E-state index in [1.807, 2.05) is 30.4 Å². The van der Waals surface area contributed by atoms with Crippen molar-refractivity contribution in [2.24, 2.45) is 4.99 Å². The van der Waals surface area contributed by atoms with Gasteiger partial charge >= 0.3 is 0 Å². The molecule has 3 unspecified atom stereocenters. The Morgan fingerprint density at radius 2 is 1.77 bits per heavy atom. The normalized spacial score (nSPS) is 26.7. The van der Waals surface area contributed by atoms with E-state index in [1.165, 1.54) is 6.26 Å². The molecule has 4 heterocycles. The highest BCUT2D eigenvalue weighted by molar-refractivity contribution is 7.90. The molecule has 2 saturated heterocycles. The number of fused-ring (bicyclic) bond motifs is 2. The number of nitrogens with zero attached hydrogens (tertiary/aromatic N) is 5. The molecule has 1 aromatic carbocycles. The van der Waals surface area contributed by atoms with Gasteiger partial charge in [-0.25, -0.2) is 13.4 Å². The van der Waals surface area contributed by atoms with Crippen LogP contribution in [0.1, 0.15) is 70.0 Å². The minimum atomic E-state index is -3.22. The number of hydrogen-bond donors (Lipinski definition) is 1. The quantitative estimate of drug-likeness (QED) is 0.639.